The van der Waals surface area contributed by atoms with Crippen LogP contribution in [0.2, 0.25) is 10.0 Å². The third kappa shape index (κ3) is 5.73. The fourth-order valence-corrected chi connectivity index (χ4v) is 5.58. The molecule has 0 fully saturated rings. The van der Waals surface area contributed by atoms with Gasteiger partial charge < -0.3 is 35.0 Å². The molecule has 1 heterocycles. The largest absolute Gasteiger partial charge is 0.493 e. The predicted octanol–water partition coefficient (Wildman–Crippen LogP) is 2.80. The van der Waals surface area contributed by atoms with Crippen molar-refractivity contribution in [1.29, 1.82) is 0 Å². The second kappa shape index (κ2) is 12.1. The third-order valence-corrected chi connectivity index (χ3v) is 7.57. The minimum absolute atomic E-state index is 0.0174. The average Bonchev–Trinajstić information content (AvgIpc) is 3.31. The molecule has 9 nitrogen and oxygen atoms in total. The van der Waals surface area contributed by atoms with E-state index in [-0.39, 0.29) is 37.8 Å². The van der Waals surface area contributed by atoms with Gasteiger partial charge in [-0.15, -0.1) is 0 Å². The van der Waals surface area contributed by atoms with Crippen molar-refractivity contribution in [2.24, 2.45) is 5.92 Å². The molecular formula is C28H32Cl2N2O7. The Labute approximate surface area is 236 Å². The van der Waals surface area contributed by atoms with E-state index >= 15 is 0 Å². The highest BCUT2D eigenvalue weighted by atomic mass is 35.5. The second-order valence-electron chi connectivity index (χ2n) is 9.87. The molecule has 0 saturated heterocycles. The van der Waals surface area contributed by atoms with Crippen molar-refractivity contribution < 1.29 is 34.4 Å². The number of carbonyl (C=O) groups excluding carboxylic acids is 2. The molecule has 1 aliphatic carbocycles. The monoisotopic (exact) mass is 578 g/mol. The molecule has 2 amide bonds. The number of carbonyl (C=O) groups is 2. The van der Waals surface area contributed by atoms with E-state index in [1.165, 1.54) is 12.0 Å². The number of aliphatic hydroxyl groups is 3. The van der Waals surface area contributed by atoms with E-state index in [2.05, 4.69) is 5.32 Å². The number of hydrogen-bond donors (Lipinski definition) is 4. The van der Waals surface area contributed by atoms with Gasteiger partial charge in [0.25, 0.3) is 0 Å². The number of methoxy groups -OCH3 is 1. The molecule has 2 aromatic rings. The molecule has 2 aromatic carbocycles. The molecule has 0 saturated carbocycles. The summed E-state index contributed by atoms with van der Waals surface area (Å²) in [5.74, 6) is -1.15. The SMILES string of the molecule is COc1cc(CO)cc2c1O[C@@H]1[C@@H](O)[C@H](N(Cc3ccc(Cl)cc3Cl)C(=O)C(C)C)C=C(C(=O)NCCO)[C@H]21. The lowest BCUT2D eigenvalue weighted by Crippen LogP contribution is -2.56. The average molecular weight is 579 g/mol. The summed E-state index contributed by atoms with van der Waals surface area (Å²) in [7, 11) is 1.46. The Morgan fingerprint density at radius 3 is 2.54 bits per heavy atom. The number of benzene rings is 2. The standard InChI is InChI=1S/C28H32Cl2N2O7/c1-14(2)28(37)32(12-16-4-5-17(29)10-20(16)30)21-11-19(27(36)31-6-7-33)23-18-8-15(13-34)9-22(38-3)25(18)39-26(23)24(21)35/h4-5,8-11,14,21,23-24,26,33-35H,6-7,12-13H2,1-3H3,(H,31,36)/t21-,23+,24+,26+/m1/s1. The number of aliphatic hydroxyl groups excluding tert-OH is 3. The van der Waals surface area contributed by atoms with Crippen molar-refractivity contribution in [2.75, 3.05) is 20.3 Å². The first-order valence-corrected chi connectivity index (χ1v) is 13.4. The van der Waals surface area contributed by atoms with Crippen LogP contribution in [-0.2, 0) is 22.7 Å². The molecule has 4 rings (SSSR count). The van der Waals surface area contributed by atoms with Gasteiger partial charge in [-0.3, -0.25) is 9.59 Å². The van der Waals surface area contributed by atoms with Gasteiger partial charge in [-0.2, -0.15) is 0 Å². The smallest absolute Gasteiger partial charge is 0.247 e. The van der Waals surface area contributed by atoms with Crippen molar-refractivity contribution in [3.05, 3.63) is 68.7 Å². The van der Waals surface area contributed by atoms with Crippen LogP contribution < -0.4 is 14.8 Å². The van der Waals surface area contributed by atoms with Gasteiger partial charge in [-0.25, -0.2) is 0 Å². The van der Waals surface area contributed by atoms with Crippen LogP contribution >= 0.6 is 23.2 Å². The van der Waals surface area contributed by atoms with E-state index in [1.807, 2.05) is 0 Å². The Morgan fingerprint density at radius 2 is 1.92 bits per heavy atom. The van der Waals surface area contributed by atoms with E-state index in [9.17, 15) is 24.9 Å². The number of ether oxygens (including phenoxy) is 2. The van der Waals surface area contributed by atoms with Crippen LogP contribution in [0.4, 0.5) is 0 Å². The van der Waals surface area contributed by atoms with E-state index in [1.54, 1.807) is 50.3 Å². The Balaban J connectivity index is 1.84. The maximum absolute atomic E-state index is 13.5. The molecule has 0 radical (unpaired) electrons. The summed E-state index contributed by atoms with van der Waals surface area (Å²) >= 11 is 12.5. The van der Waals surface area contributed by atoms with Crippen molar-refractivity contribution in [3.63, 3.8) is 0 Å². The molecule has 2 aliphatic rings. The van der Waals surface area contributed by atoms with Crippen molar-refractivity contribution in [3.8, 4) is 11.5 Å². The Morgan fingerprint density at radius 1 is 1.18 bits per heavy atom. The molecule has 210 valence electrons. The normalized spacial score (nSPS) is 21.5. The van der Waals surface area contributed by atoms with Crippen LogP contribution in [0.25, 0.3) is 0 Å². The van der Waals surface area contributed by atoms with E-state index in [0.717, 1.165) is 0 Å². The van der Waals surface area contributed by atoms with Gasteiger partial charge in [0.2, 0.25) is 11.8 Å². The first kappa shape index (κ1) is 29.2. The minimum Gasteiger partial charge on any atom is -0.493 e. The fourth-order valence-electron chi connectivity index (χ4n) is 5.11. The van der Waals surface area contributed by atoms with Gasteiger partial charge in [0.1, 0.15) is 12.2 Å². The summed E-state index contributed by atoms with van der Waals surface area (Å²) in [4.78, 5) is 28.4. The van der Waals surface area contributed by atoms with Crippen LogP contribution in [0.3, 0.4) is 0 Å². The molecule has 0 unspecified atom stereocenters. The Kier molecular flexibility index (Phi) is 9.08. The van der Waals surface area contributed by atoms with Gasteiger partial charge in [0, 0.05) is 40.2 Å². The molecule has 0 spiro atoms. The topological polar surface area (TPSA) is 129 Å². The molecule has 4 atom stereocenters. The number of fused-ring (bicyclic) bond motifs is 3. The molecule has 1 aliphatic heterocycles. The summed E-state index contributed by atoms with van der Waals surface area (Å²) in [6.45, 7) is 3.04. The first-order valence-electron chi connectivity index (χ1n) is 12.6. The molecule has 4 N–H and O–H groups in total. The maximum atomic E-state index is 13.5. The summed E-state index contributed by atoms with van der Waals surface area (Å²) in [5.41, 5.74) is 2.02. The van der Waals surface area contributed by atoms with Gasteiger partial charge in [0.15, 0.2) is 11.5 Å². The summed E-state index contributed by atoms with van der Waals surface area (Å²) < 4.78 is 11.7. The fraction of sp³-hybridized carbons (Fsp3) is 0.429. The van der Waals surface area contributed by atoms with Crippen LogP contribution in [0.15, 0.2) is 42.0 Å². The highest BCUT2D eigenvalue weighted by Crippen LogP contribution is 2.51. The number of nitrogens with one attached hydrogen (secondary N) is 1. The van der Waals surface area contributed by atoms with Crippen LogP contribution in [-0.4, -0.2) is 70.5 Å². The maximum Gasteiger partial charge on any atom is 0.247 e. The quantitative estimate of drug-likeness (QED) is 0.360. The van der Waals surface area contributed by atoms with Crippen LogP contribution in [0, 0.1) is 5.92 Å². The number of rotatable bonds is 9. The predicted molar refractivity (Wildman–Crippen MR) is 146 cm³/mol. The Bertz CT molecular complexity index is 1280. The summed E-state index contributed by atoms with van der Waals surface area (Å²) in [6, 6.07) is 7.36. The minimum atomic E-state index is -1.23. The lowest BCUT2D eigenvalue weighted by molar-refractivity contribution is -0.141. The highest BCUT2D eigenvalue weighted by Gasteiger charge is 2.51. The molecular weight excluding hydrogens is 547 g/mol. The highest BCUT2D eigenvalue weighted by molar-refractivity contribution is 6.35. The van der Waals surface area contributed by atoms with Gasteiger partial charge >= 0.3 is 0 Å². The van der Waals surface area contributed by atoms with Gasteiger partial charge in [0.05, 0.1) is 32.3 Å². The van der Waals surface area contributed by atoms with E-state index in [4.69, 9.17) is 32.7 Å². The van der Waals surface area contributed by atoms with Crippen molar-refractivity contribution in [1.82, 2.24) is 10.2 Å². The lowest BCUT2D eigenvalue weighted by atomic mass is 9.77. The van der Waals surface area contributed by atoms with E-state index < -0.39 is 36.0 Å². The molecule has 0 aromatic heterocycles. The Hall–Kier alpha value is -2.82. The molecule has 39 heavy (non-hydrogen) atoms. The zero-order valence-corrected chi connectivity index (χ0v) is 23.4. The first-order chi connectivity index (χ1) is 18.6. The second-order valence-corrected chi connectivity index (χ2v) is 10.7. The summed E-state index contributed by atoms with van der Waals surface area (Å²) in [6.07, 6.45) is -0.581. The zero-order valence-electron chi connectivity index (χ0n) is 21.9. The van der Waals surface area contributed by atoms with Crippen LogP contribution in [0.5, 0.6) is 11.5 Å². The van der Waals surface area contributed by atoms with Crippen molar-refractivity contribution >= 4 is 35.0 Å². The van der Waals surface area contributed by atoms with Gasteiger partial charge in [-0.1, -0.05) is 43.1 Å². The number of hydrogen-bond acceptors (Lipinski definition) is 7. The zero-order chi connectivity index (χ0) is 28.4. The van der Waals surface area contributed by atoms with Crippen LogP contribution in [0.1, 0.15) is 36.5 Å². The summed E-state index contributed by atoms with van der Waals surface area (Å²) in [5, 5.41) is 34.3. The number of halogens is 2. The van der Waals surface area contributed by atoms with Crippen molar-refractivity contribution in [2.45, 2.75) is 51.2 Å². The lowest BCUT2D eigenvalue weighted by Gasteiger charge is -2.41. The molecule has 11 heteroatoms. The number of nitrogens with zero attached hydrogens (tertiary/aromatic N) is 1. The third-order valence-electron chi connectivity index (χ3n) is 6.99. The van der Waals surface area contributed by atoms with E-state index in [0.29, 0.717) is 38.2 Å². The number of amides is 2. The molecule has 0 bridgehead atoms. The van der Waals surface area contributed by atoms with Gasteiger partial charge in [-0.05, 0) is 41.5 Å².